The number of carbonyl (C=O) groups is 1. The number of fused-ring (bicyclic) bond motifs is 5. The van der Waals surface area contributed by atoms with Gasteiger partial charge in [-0.05, 0) is 84.1 Å². The smallest absolute Gasteiger partial charge is 0.306 e. The van der Waals surface area contributed by atoms with Gasteiger partial charge in [0.15, 0.2) is 0 Å². The lowest BCUT2D eigenvalue weighted by atomic mass is 9.55. The van der Waals surface area contributed by atoms with Crippen LogP contribution in [0.1, 0.15) is 55.2 Å². The van der Waals surface area contributed by atoms with Gasteiger partial charge in [-0.2, -0.15) is 0 Å². The molecular weight excluding hydrogens is 388 g/mol. The van der Waals surface area contributed by atoms with Gasteiger partial charge in [-0.1, -0.05) is 43.3 Å². The first-order valence-electron chi connectivity index (χ1n) is 11.5. The number of hydrogen-bond acceptors (Lipinski definition) is 3. The van der Waals surface area contributed by atoms with E-state index in [0.29, 0.717) is 24.4 Å². The Labute approximate surface area is 184 Å². The van der Waals surface area contributed by atoms with Crippen LogP contribution in [-0.2, 0) is 22.6 Å². The van der Waals surface area contributed by atoms with Gasteiger partial charge < -0.3 is 14.6 Å². The van der Waals surface area contributed by atoms with E-state index < -0.39 is 5.97 Å². The lowest BCUT2D eigenvalue weighted by Crippen LogP contribution is -2.47. The maximum absolute atomic E-state index is 11.8. The van der Waals surface area contributed by atoms with Crippen molar-refractivity contribution in [2.45, 2.75) is 57.7 Å². The summed E-state index contributed by atoms with van der Waals surface area (Å²) >= 11 is 0. The molecule has 3 aliphatic rings. The molecule has 2 aromatic carbocycles. The maximum atomic E-state index is 11.8. The van der Waals surface area contributed by atoms with E-state index in [0.717, 1.165) is 43.4 Å². The largest absolute Gasteiger partial charge is 0.489 e. The molecule has 0 bridgehead atoms. The van der Waals surface area contributed by atoms with Crippen molar-refractivity contribution in [1.82, 2.24) is 0 Å². The van der Waals surface area contributed by atoms with Gasteiger partial charge in [0.2, 0.25) is 0 Å². The number of methoxy groups -OCH3 is 1. The zero-order chi connectivity index (χ0) is 21.6. The van der Waals surface area contributed by atoms with Crippen LogP contribution in [0.2, 0.25) is 0 Å². The first kappa shape index (κ1) is 20.6. The van der Waals surface area contributed by atoms with Crippen molar-refractivity contribution in [1.29, 1.82) is 0 Å². The number of ether oxygens (including phenoxy) is 2. The second-order valence-corrected chi connectivity index (χ2v) is 10.1. The van der Waals surface area contributed by atoms with Crippen molar-refractivity contribution in [3.05, 3.63) is 65.2 Å². The zero-order valence-corrected chi connectivity index (χ0v) is 18.4. The SMILES string of the molecule is COC1Cc2cc(OCc3ccccc3)ccc2[C@H]2CC[C@]3(C)CC(C(=O)O)C[C@H]3[C@H]12. The summed E-state index contributed by atoms with van der Waals surface area (Å²) < 4.78 is 12.1. The predicted molar refractivity (Wildman–Crippen MR) is 119 cm³/mol. The molecule has 2 fully saturated rings. The Kier molecular flexibility index (Phi) is 5.29. The third-order valence-corrected chi connectivity index (χ3v) is 8.37. The minimum atomic E-state index is -0.627. The number of benzene rings is 2. The van der Waals surface area contributed by atoms with Gasteiger partial charge in [0.25, 0.3) is 0 Å². The topological polar surface area (TPSA) is 55.8 Å². The Hall–Kier alpha value is -2.33. The van der Waals surface area contributed by atoms with E-state index in [2.05, 4.69) is 37.3 Å². The van der Waals surface area contributed by atoms with Crippen LogP contribution < -0.4 is 4.74 Å². The molecule has 0 heterocycles. The Morgan fingerprint density at radius 3 is 2.74 bits per heavy atom. The molecule has 0 aliphatic heterocycles. The molecule has 0 spiro atoms. The van der Waals surface area contributed by atoms with Crippen LogP contribution in [0.5, 0.6) is 5.75 Å². The molecule has 4 nitrogen and oxygen atoms in total. The van der Waals surface area contributed by atoms with E-state index in [-0.39, 0.29) is 17.4 Å². The zero-order valence-electron chi connectivity index (χ0n) is 18.4. The average Bonchev–Trinajstić information content (AvgIpc) is 3.15. The highest BCUT2D eigenvalue weighted by atomic mass is 16.5. The Bertz CT molecular complexity index is 955. The first-order valence-corrected chi connectivity index (χ1v) is 11.5. The molecule has 1 N–H and O–H groups in total. The van der Waals surface area contributed by atoms with E-state index in [1.165, 1.54) is 11.1 Å². The van der Waals surface area contributed by atoms with Crippen molar-refractivity contribution in [3.8, 4) is 5.75 Å². The lowest BCUT2D eigenvalue weighted by Gasteiger charge is -2.51. The first-order chi connectivity index (χ1) is 15.0. The van der Waals surface area contributed by atoms with E-state index in [4.69, 9.17) is 9.47 Å². The molecule has 3 aliphatic carbocycles. The third-order valence-electron chi connectivity index (χ3n) is 8.37. The standard InChI is InChI=1S/C27H32O4/c1-27-11-10-22-21-9-8-20(31-16-17-6-4-3-5-7-17)12-18(21)14-24(30-2)25(22)23(27)13-19(15-27)26(28)29/h3-9,12,19,22-25H,10-11,13-16H2,1-2H3,(H,28,29)/t19?,22-,23+,24?,25-,27-/m1/s1. The van der Waals surface area contributed by atoms with Gasteiger partial charge in [-0.3, -0.25) is 4.79 Å². The molecule has 2 saturated carbocycles. The van der Waals surface area contributed by atoms with E-state index >= 15 is 0 Å². The molecule has 31 heavy (non-hydrogen) atoms. The molecule has 2 unspecified atom stereocenters. The Morgan fingerprint density at radius 2 is 2.00 bits per heavy atom. The number of carboxylic acids is 1. The highest BCUT2D eigenvalue weighted by molar-refractivity contribution is 5.70. The fourth-order valence-corrected chi connectivity index (χ4v) is 6.87. The third kappa shape index (κ3) is 3.65. The van der Waals surface area contributed by atoms with Crippen LogP contribution >= 0.6 is 0 Å². The fourth-order valence-electron chi connectivity index (χ4n) is 6.87. The predicted octanol–water partition coefficient (Wildman–Crippen LogP) is 5.45. The summed E-state index contributed by atoms with van der Waals surface area (Å²) in [6.07, 6.45) is 4.83. The summed E-state index contributed by atoms with van der Waals surface area (Å²) in [5, 5.41) is 9.67. The molecule has 0 saturated heterocycles. The molecule has 5 rings (SSSR count). The van der Waals surface area contributed by atoms with Crippen LogP contribution in [0.15, 0.2) is 48.5 Å². The lowest BCUT2D eigenvalue weighted by molar-refractivity contribution is -0.141. The number of carboxylic acid groups (broad SMARTS) is 1. The summed E-state index contributed by atoms with van der Waals surface area (Å²) in [5.41, 5.74) is 4.04. The van der Waals surface area contributed by atoms with Crippen molar-refractivity contribution >= 4 is 5.97 Å². The van der Waals surface area contributed by atoms with Crippen LogP contribution in [0.25, 0.3) is 0 Å². The van der Waals surface area contributed by atoms with Gasteiger partial charge in [-0.15, -0.1) is 0 Å². The maximum Gasteiger partial charge on any atom is 0.306 e. The minimum absolute atomic E-state index is 0.122. The van der Waals surface area contributed by atoms with Gasteiger partial charge in [-0.25, -0.2) is 0 Å². The number of rotatable bonds is 5. The van der Waals surface area contributed by atoms with Gasteiger partial charge >= 0.3 is 5.97 Å². The monoisotopic (exact) mass is 420 g/mol. The molecule has 2 aromatic rings. The summed E-state index contributed by atoms with van der Waals surface area (Å²) in [5.74, 6) is 1.33. The second kappa shape index (κ2) is 7.98. The van der Waals surface area contributed by atoms with Crippen molar-refractivity contribution in [2.24, 2.45) is 23.2 Å². The summed E-state index contributed by atoms with van der Waals surface area (Å²) in [6, 6.07) is 16.8. The Balaban J connectivity index is 1.40. The van der Waals surface area contributed by atoms with Gasteiger partial charge in [0.05, 0.1) is 12.0 Å². The quantitative estimate of drug-likeness (QED) is 0.699. The highest BCUT2D eigenvalue weighted by Crippen LogP contribution is 2.62. The van der Waals surface area contributed by atoms with Crippen molar-refractivity contribution in [3.63, 3.8) is 0 Å². The van der Waals surface area contributed by atoms with Gasteiger partial charge in [0, 0.05) is 7.11 Å². The van der Waals surface area contributed by atoms with Crippen molar-refractivity contribution in [2.75, 3.05) is 7.11 Å². The van der Waals surface area contributed by atoms with Crippen molar-refractivity contribution < 1.29 is 19.4 Å². The molecule has 4 heteroatoms. The van der Waals surface area contributed by atoms with Gasteiger partial charge in [0.1, 0.15) is 12.4 Å². The number of aliphatic carboxylic acids is 1. The van der Waals surface area contributed by atoms with E-state index in [1.807, 2.05) is 25.3 Å². The van der Waals surface area contributed by atoms with Crippen LogP contribution in [-0.4, -0.2) is 24.3 Å². The summed E-state index contributed by atoms with van der Waals surface area (Å²) in [4.78, 5) is 11.8. The molecule has 6 atom stereocenters. The molecule has 0 radical (unpaired) electrons. The van der Waals surface area contributed by atoms with Crippen LogP contribution in [0.3, 0.4) is 0 Å². The molecule has 164 valence electrons. The molecule has 0 aromatic heterocycles. The fraction of sp³-hybridized carbons (Fsp3) is 0.519. The normalized spacial score (nSPS) is 33.8. The average molecular weight is 421 g/mol. The Morgan fingerprint density at radius 1 is 1.19 bits per heavy atom. The summed E-state index contributed by atoms with van der Waals surface area (Å²) in [7, 11) is 1.82. The second-order valence-electron chi connectivity index (χ2n) is 10.1. The van der Waals surface area contributed by atoms with Crippen LogP contribution in [0, 0.1) is 23.2 Å². The van der Waals surface area contributed by atoms with E-state index in [1.54, 1.807) is 0 Å². The number of hydrogen-bond donors (Lipinski definition) is 1. The molecule has 0 amide bonds. The summed E-state index contributed by atoms with van der Waals surface area (Å²) in [6.45, 7) is 2.88. The highest BCUT2D eigenvalue weighted by Gasteiger charge is 2.56. The van der Waals surface area contributed by atoms with Crippen LogP contribution in [0.4, 0.5) is 0 Å². The van der Waals surface area contributed by atoms with E-state index in [9.17, 15) is 9.90 Å². The minimum Gasteiger partial charge on any atom is -0.489 e. The molecular formula is C27H32O4.